The van der Waals surface area contributed by atoms with Crippen molar-refractivity contribution in [3.63, 3.8) is 0 Å². The number of sulfonamides is 1. The molecule has 2 aromatic carbocycles. The number of aryl methyl sites for hydroxylation is 1. The van der Waals surface area contributed by atoms with Gasteiger partial charge >= 0.3 is 0 Å². The molecule has 0 aromatic heterocycles. The zero-order valence-corrected chi connectivity index (χ0v) is 18.8. The Labute approximate surface area is 185 Å². The predicted octanol–water partition coefficient (Wildman–Crippen LogP) is 4.29. The van der Waals surface area contributed by atoms with Crippen LogP contribution in [-0.2, 0) is 16.6 Å². The minimum absolute atomic E-state index is 0.0423. The number of nitrogens with zero attached hydrogens (tertiary/aromatic N) is 1. The second kappa shape index (κ2) is 8.97. The normalized spacial score (nSPS) is 22.6. The topological polar surface area (TPSA) is 66.5 Å². The summed E-state index contributed by atoms with van der Waals surface area (Å²) in [7, 11) is -3.64. The van der Waals surface area contributed by atoms with E-state index in [9.17, 15) is 13.2 Å². The van der Waals surface area contributed by atoms with E-state index in [0.717, 1.165) is 23.5 Å². The lowest BCUT2D eigenvalue weighted by molar-refractivity contribution is 0.0923. The number of carbonyl (C=O) groups is 1. The molecule has 0 saturated heterocycles. The molecule has 2 aliphatic carbocycles. The first kappa shape index (κ1) is 21.8. The molecule has 0 radical (unpaired) electrons. The molecule has 4 rings (SSSR count). The number of hydrogen-bond donors (Lipinski definition) is 1. The Bertz CT molecular complexity index is 1050. The molecule has 3 unspecified atom stereocenters. The van der Waals surface area contributed by atoms with E-state index in [1.807, 2.05) is 19.1 Å². The third-order valence-electron chi connectivity index (χ3n) is 6.62. The van der Waals surface area contributed by atoms with Gasteiger partial charge in [0.1, 0.15) is 0 Å². The molecule has 2 saturated carbocycles. The maximum atomic E-state index is 13.1. The van der Waals surface area contributed by atoms with Crippen molar-refractivity contribution < 1.29 is 13.2 Å². The van der Waals surface area contributed by atoms with Crippen molar-refractivity contribution in [2.24, 2.45) is 11.8 Å². The number of fused-ring (bicyclic) bond motifs is 2. The van der Waals surface area contributed by atoms with E-state index >= 15 is 0 Å². The Kier molecular flexibility index (Phi) is 6.30. The van der Waals surface area contributed by atoms with E-state index in [1.54, 1.807) is 42.5 Å². The van der Waals surface area contributed by atoms with Crippen LogP contribution in [0.5, 0.6) is 0 Å². The standard InChI is InChI=1S/C25H30N2O3S/c1-3-14-27(31(29,30)23-12-4-18(2)5-13-23)17-19-6-9-21(10-7-19)25(28)26-24-16-20-8-11-22(24)15-20/h3-7,9-10,12-13,20,22,24H,1,8,11,14-17H2,2H3,(H,26,28). The SMILES string of the molecule is C=CCN(Cc1ccc(C(=O)NC2CC3CCC2C3)cc1)S(=O)(=O)c1ccc(C)cc1. The Morgan fingerprint density at radius 3 is 2.39 bits per heavy atom. The molecule has 1 N–H and O–H groups in total. The fourth-order valence-electron chi connectivity index (χ4n) is 4.89. The largest absolute Gasteiger partial charge is 0.349 e. The first-order valence-corrected chi connectivity index (χ1v) is 12.4. The fraction of sp³-hybridized carbons (Fsp3) is 0.400. The molecule has 1 amide bonds. The molecule has 0 spiro atoms. The van der Waals surface area contributed by atoms with Gasteiger partial charge in [0.15, 0.2) is 0 Å². The molecule has 2 fully saturated rings. The number of rotatable bonds is 8. The number of nitrogens with one attached hydrogen (secondary N) is 1. The third kappa shape index (κ3) is 4.75. The van der Waals surface area contributed by atoms with E-state index in [4.69, 9.17) is 0 Å². The van der Waals surface area contributed by atoms with E-state index < -0.39 is 10.0 Å². The van der Waals surface area contributed by atoms with Gasteiger partial charge in [-0.25, -0.2) is 8.42 Å². The van der Waals surface area contributed by atoms with Crippen molar-refractivity contribution in [2.45, 2.75) is 50.1 Å². The summed E-state index contributed by atoms with van der Waals surface area (Å²) in [5, 5.41) is 3.20. The van der Waals surface area contributed by atoms with E-state index in [1.165, 1.54) is 23.6 Å². The highest BCUT2D eigenvalue weighted by Gasteiger charge is 2.40. The molecular formula is C25H30N2O3S. The Morgan fingerprint density at radius 2 is 1.81 bits per heavy atom. The first-order chi connectivity index (χ1) is 14.9. The molecule has 2 bridgehead atoms. The van der Waals surface area contributed by atoms with Crippen LogP contribution in [0.4, 0.5) is 0 Å². The van der Waals surface area contributed by atoms with Crippen molar-refractivity contribution in [2.75, 3.05) is 6.54 Å². The summed E-state index contributed by atoms with van der Waals surface area (Å²) in [6.07, 6.45) is 6.46. The quantitative estimate of drug-likeness (QED) is 0.625. The molecule has 0 aliphatic heterocycles. The molecule has 31 heavy (non-hydrogen) atoms. The molecule has 5 nitrogen and oxygen atoms in total. The molecule has 6 heteroatoms. The molecule has 3 atom stereocenters. The zero-order valence-electron chi connectivity index (χ0n) is 18.0. The number of carbonyl (C=O) groups excluding carboxylic acids is 1. The summed E-state index contributed by atoms with van der Waals surface area (Å²) in [5.41, 5.74) is 2.45. The second-order valence-electron chi connectivity index (χ2n) is 8.85. The van der Waals surface area contributed by atoms with E-state index in [2.05, 4.69) is 11.9 Å². The molecule has 0 heterocycles. The maximum Gasteiger partial charge on any atom is 0.251 e. The minimum atomic E-state index is -3.64. The van der Waals surface area contributed by atoms with Gasteiger partial charge in [0.2, 0.25) is 10.0 Å². The van der Waals surface area contributed by atoms with Gasteiger partial charge in [0, 0.05) is 24.7 Å². The van der Waals surface area contributed by atoms with Gasteiger partial charge < -0.3 is 5.32 Å². The average molecular weight is 439 g/mol. The van der Waals surface area contributed by atoms with Gasteiger partial charge in [-0.05, 0) is 67.9 Å². The van der Waals surface area contributed by atoms with Gasteiger partial charge in [-0.3, -0.25) is 4.79 Å². The van der Waals surface area contributed by atoms with Crippen LogP contribution in [0.2, 0.25) is 0 Å². The first-order valence-electron chi connectivity index (χ1n) is 10.9. The van der Waals surface area contributed by atoms with Gasteiger partial charge in [0.05, 0.1) is 4.90 Å². The summed E-state index contributed by atoms with van der Waals surface area (Å²) < 4.78 is 27.6. The highest BCUT2D eigenvalue weighted by atomic mass is 32.2. The average Bonchev–Trinajstić information content (AvgIpc) is 3.37. The van der Waals surface area contributed by atoms with Crippen LogP contribution in [0.1, 0.15) is 47.2 Å². The Hall–Kier alpha value is -2.44. The maximum absolute atomic E-state index is 13.1. The van der Waals surface area contributed by atoms with Crippen LogP contribution in [-0.4, -0.2) is 31.2 Å². The van der Waals surface area contributed by atoms with Crippen LogP contribution in [0, 0.1) is 18.8 Å². The van der Waals surface area contributed by atoms with Gasteiger partial charge in [-0.2, -0.15) is 4.31 Å². The second-order valence-corrected chi connectivity index (χ2v) is 10.8. The molecule has 164 valence electrons. The Morgan fingerprint density at radius 1 is 1.10 bits per heavy atom. The van der Waals surface area contributed by atoms with Gasteiger partial charge in [-0.15, -0.1) is 6.58 Å². The number of hydrogen-bond acceptors (Lipinski definition) is 3. The summed E-state index contributed by atoms with van der Waals surface area (Å²) in [5.74, 6) is 1.37. The molecule has 2 aliphatic rings. The lowest BCUT2D eigenvalue weighted by Gasteiger charge is -2.23. The van der Waals surface area contributed by atoms with Crippen molar-refractivity contribution in [1.29, 1.82) is 0 Å². The van der Waals surface area contributed by atoms with Gasteiger partial charge in [0.25, 0.3) is 5.91 Å². The molecule has 2 aromatic rings. The summed E-state index contributed by atoms with van der Waals surface area (Å²) in [6, 6.07) is 14.4. The monoisotopic (exact) mass is 438 g/mol. The summed E-state index contributed by atoms with van der Waals surface area (Å²) in [6.45, 7) is 6.06. The number of amides is 1. The van der Waals surface area contributed by atoms with Crippen LogP contribution in [0.25, 0.3) is 0 Å². The summed E-state index contributed by atoms with van der Waals surface area (Å²) in [4.78, 5) is 12.9. The van der Waals surface area contributed by atoms with E-state index in [-0.39, 0.29) is 23.9 Å². The predicted molar refractivity (Wildman–Crippen MR) is 122 cm³/mol. The number of benzene rings is 2. The van der Waals surface area contributed by atoms with Crippen molar-refractivity contribution in [3.05, 3.63) is 77.9 Å². The van der Waals surface area contributed by atoms with Crippen molar-refractivity contribution in [1.82, 2.24) is 9.62 Å². The van der Waals surface area contributed by atoms with Crippen LogP contribution in [0.3, 0.4) is 0 Å². The van der Waals surface area contributed by atoms with Crippen LogP contribution >= 0.6 is 0 Å². The Balaban J connectivity index is 1.44. The smallest absolute Gasteiger partial charge is 0.251 e. The highest BCUT2D eigenvalue weighted by Crippen LogP contribution is 2.44. The molecular weight excluding hydrogens is 408 g/mol. The highest BCUT2D eigenvalue weighted by molar-refractivity contribution is 7.89. The summed E-state index contributed by atoms with van der Waals surface area (Å²) >= 11 is 0. The lowest BCUT2D eigenvalue weighted by atomic mass is 9.95. The third-order valence-corrected chi connectivity index (χ3v) is 8.45. The minimum Gasteiger partial charge on any atom is -0.349 e. The van der Waals surface area contributed by atoms with Crippen LogP contribution in [0.15, 0.2) is 66.1 Å². The van der Waals surface area contributed by atoms with Crippen molar-refractivity contribution in [3.8, 4) is 0 Å². The zero-order chi connectivity index (χ0) is 22.0. The van der Waals surface area contributed by atoms with E-state index in [0.29, 0.717) is 17.5 Å². The lowest BCUT2D eigenvalue weighted by Crippen LogP contribution is -2.38. The fourth-order valence-corrected chi connectivity index (χ4v) is 6.29. The van der Waals surface area contributed by atoms with Crippen molar-refractivity contribution >= 4 is 15.9 Å². The van der Waals surface area contributed by atoms with Gasteiger partial charge in [-0.1, -0.05) is 42.3 Å². The van der Waals surface area contributed by atoms with Crippen LogP contribution < -0.4 is 5.32 Å².